The zero-order valence-corrected chi connectivity index (χ0v) is 14.5. The largest absolute Gasteiger partial charge is 0.481 e. The van der Waals surface area contributed by atoms with Crippen molar-refractivity contribution in [1.82, 2.24) is 5.32 Å². The van der Waals surface area contributed by atoms with Gasteiger partial charge in [0, 0.05) is 0 Å². The summed E-state index contributed by atoms with van der Waals surface area (Å²) < 4.78 is 30.1. The van der Waals surface area contributed by atoms with E-state index >= 15 is 0 Å². The van der Waals surface area contributed by atoms with Crippen molar-refractivity contribution in [2.45, 2.75) is 32.1 Å². The number of nitrogens with one attached hydrogen (secondary N) is 1. The molecule has 0 aromatic heterocycles. The Morgan fingerprint density at radius 2 is 2.04 bits per heavy atom. The second kappa shape index (κ2) is 8.60. The van der Waals surface area contributed by atoms with Gasteiger partial charge in [-0.1, -0.05) is 24.3 Å². The van der Waals surface area contributed by atoms with E-state index in [4.69, 9.17) is 4.55 Å². The molecule has 1 heterocycles. The minimum atomic E-state index is -3.89. The zero-order valence-electron chi connectivity index (χ0n) is 13.6. The molecule has 0 amide bonds. The first-order chi connectivity index (χ1) is 11.3. The van der Waals surface area contributed by atoms with Crippen LogP contribution in [0.1, 0.15) is 30.4 Å². The molecule has 1 aromatic rings. The van der Waals surface area contributed by atoms with Crippen molar-refractivity contribution < 1.29 is 22.9 Å². The van der Waals surface area contributed by atoms with Crippen LogP contribution in [0.2, 0.25) is 0 Å². The van der Waals surface area contributed by atoms with Crippen molar-refractivity contribution in [3.05, 3.63) is 35.4 Å². The molecular weight excluding hydrogens is 330 g/mol. The summed E-state index contributed by atoms with van der Waals surface area (Å²) in [5, 5.41) is 12.7. The highest BCUT2D eigenvalue weighted by Gasteiger charge is 2.30. The molecule has 1 aliphatic heterocycles. The van der Waals surface area contributed by atoms with Crippen LogP contribution in [0, 0.1) is 11.8 Å². The van der Waals surface area contributed by atoms with Gasteiger partial charge in [0.2, 0.25) is 0 Å². The number of hydrogen-bond donors (Lipinski definition) is 3. The number of carboxylic acid groups (broad SMARTS) is 1. The monoisotopic (exact) mass is 355 g/mol. The number of carboxylic acids is 1. The molecular formula is C17H25NO5S. The third kappa shape index (κ3) is 6.22. The van der Waals surface area contributed by atoms with Crippen LogP contribution in [0.25, 0.3) is 0 Å². The summed E-state index contributed by atoms with van der Waals surface area (Å²) in [5.74, 6) is -1.18. The van der Waals surface area contributed by atoms with Crippen LogP contribution in [0.4, 0.5) is 0 Å². The predicted octanol–water partition coefficient (Wildman–Crippen LogP) is 1.75. The SMILES string of the molecule is O=C(O)[C@@H](Cc1cccc(CCCCS(=O)(=O)O)c1)[C@H]1CCNC1. The summed E-state index contributed by atoms with van der Waals surface area (Å²) >= 11 is 0. The smallest absolute Gasteiger partial charge is 0.307 e. The Morgan fingerprint density at radius 3 is 2.67 bits per heavy atom. The van der Waals surface area contributed by atoms with Gasteiger partial charge in [0.1, 0.15) is 0 Å². The van der Waals surface area contributed by atoms with Crippen LogP contribution < -0.4 is 5.32 Å². The maximum absolute atomic E-state index is 11.6. The molecule has 0 aliphatic carbocycles. The fraction of sp³-hybridized carbons (Fsp3) is 0.588. The van der Waals surface area contributed by atoms with Crippen molar-refractivity contribution >= 4 is 16.1 Å². The Labute approximate surface area is 143 Å². The molecule has 24 heavy (non-hydrogen) atoms. The highest BCUT2D eigenvalue weighted by Crippen LogP contribution is 2.24. The fourth-order valence-electron chi connectivity index (χ4n) is 3.26. The number of unbranched alkanes of at least 4 members (excludes halogenated alkanes) is 1. The summed E-state index contributed by atoms with van der Waals surface area (Å²) in [5.41, 5.74) is 2.07. The van der Waals surface area contributed by atoms with Gasteiger partial charge in [-0.15, -0.1) is 0 Å². The standard InChI is InChI=1S/C17H25NO5S/c19-17(20)16(15-7-8-18-12-15)11-14-6-3-5-13(10-14)4-1-2-9-24(21,22)23/h3,5-6,10,15-16,18H,1-2,4,7-9,11-12H2,(H,19,20)(H,21,22,23)/t15-,16-/m0/s1. The topological polar surface area (TPSA) is 104 Å². The Morgan fingerprint density at radius 1 is 1.29 bits per heavy atom. The van der Waals surface area contributed by atoms with Crippen LogP contribution in [-0.4, -0.2) is 42.9 Å². The quantitative estimate of drug-likeness (QED) is 0.460. The number of hydrogen-bond acceptors (Lipinski definition) is 4. The Balaban J connectivity index is 1.92. The minimum absolute atomic E-state index is 0.168. The lowest BCUT2D eigenvalue weighted by Crippen LogP contribution is -2.27. The summed E-state index contributed by atoms with van der Waals surface area (Å²) in [6.45, 7) is 1.63. The fourth-order valence-corrected chi connectivity index (χ4v) is 3.82. The van der Waals surface area contributed by atoms with E-state index in [-0.39, 0.29) is 17.6 Å². The maximum atomic E-state index is 11.6. The van der Waals surface area contributed by atoms with E-state index in [2.05, 4.69) is 5.32 Å². The van der Waals surface area contributed by atoms with E-state index in [1.54, 1.807) is 0 Å². The van der Waals surface area contributed by atoms with Gasteiger partial charge in [-0.05, 0) is 62.2 Å². The second-order valence-corrected chi connectivity index (χ2v) is 8.04. The highest BCUT2D eigenvalue weighted by atomic mass is 32.2. The van der Waals surface area contributed by atoms with Gasteiger partial charge in [-0.2, -0.15) is 8.42 Å². The van der Waals surface area contributed by atoms with Gasteiger partial charge >= 0.3 is 5.97 Å². The first-order valence-electron chi connectivity index (χ1n) is 8.31. The van der Waals surface area contributed by atoms with Crippen LogP contribution >= 0.6 is 0 Å². The summed E-state index contributed by atoms with van der Waals surface area (Å²) in [6, 6.07) is 7.83. The minimum Gasteiger partial charge on any atom is -0.481 e. The number of aryl methyl sites for hydroxylation is 1. The number of rotatable bonds is 9. The van der Waals surface area contributed by atoms with Gasteiger partial charge in [0.25, 0.3) is 10.1 Å². The van der Waals surface area contributed by atoms with E-state index in [0.29, 0.717) is 25.7 Å². The Hall–Kier alpha value is -1.44. The molecule has 0 radical (unpaired) electrons. The molecule has 1 saturated heterocycles. The van der Waals surface area contributed by atoms with Crippen molar-refractivity contribution in [2.75, 3.05) is 18.8 Å². The van der Waals surface area contributed by atoms with E-state index in [0.717, 1.165) is 30.6 Å². The van der Waals surface area contributed by atoms with Crippen molar-refractivity contribution in [2.24, 2.45) is 11.8 Å². The molecule has 2 atom stereocenters. The zero-order chi connectivity index (χ0) is 17.6. The van der Waals surface area contributed by atoms with E-state index in [1.165, 1.54) is 0 Å². The summed E-state index contributed by atoms with van der Waals surface area (Å²) in [4.78, 5) is 11.6. The van der Waals surface area contributed by atoms with Crippen LogP contribution in [0.15, 0.2) is 24.3 Å². The average Bonchev–Trinajstić information content (AvgIpc) is 3.02. The average molecular weight is 355 g/mol. The lowest BCUT2D eigenvalue weighted by Gasteiger charge is -2.19. The molecule has 0 unspecified atom stereocenters. The molecule has 0 saturated carbocycles. The van der Waals surface area contributed by atoms with Crippen molar-refractivity contribution in [3.63, 3.8) is 0 Å². The Kier molecular flexibility index (Phi) is 6.77. The number of benzene rings is 1. The molecule has 2 rings (SSSR count). The first-order valence-corrected chi connectivity index (χ1v) is 9.92. The number of carbonyl (C=O) groups is 1. The van der Waals surface area contributed by atoms with Gasteiger partial charge in [-0.25, -0.2) is 0 Å². The summed E-state index contributed by atoms with van der Waals surface area (Å²) in [7, 11) is -3.89. The van der Waals surface area contributed by atoms with Gasteiger partial charge in [-0.3, -0.25) is 9.35 Å². The second-order valence-electron chi connectivity index (χ2n) is 6.46. The maximum Gasteiger partial charge on any atom is 0.307 e. The Bertz CT molecular complexity index is 653. The van der Waals surface area contributed by atoms with Crippen molar-refractivity contribution in [1.29, 1.82) is 0 Å². The number of aliphatic carboxylic acids is 1. The lowest BCUT2D eigenvalue weighted by atomic mass is 9.86. The van der Waals surface area contributed by atoms with Crippen LogP contribution in [0.3, 0.4) is 0 Å². The third-order valence-corrected chi connectivity index (χ3v) is 5.35. The molecule has 7 heteroatoms. The molecule has 134 valence electrons. The molecule has 0 bridgehead atoms. The molecule has 1 aromatic carbocycles. The lowest BCUT2D eigenvalue weighted by molar-refractivity contribution is -0.143. The molecule has 3 N–H and O–H groups in total. The van der Waals surface area contributed by atoms with E-state index in [1.807, 2.05) is 24.3 Å². The van der Waals surface area contributed by atoms with E-state index < -0.39 is 16.1 Å². The molecule has 1 aliphatic rings. The van der Waals surface area contributed by atoms with E-state index in [9.17, 15) is 18.3 Å². The van der Waals surface area contributed by atoms with Crippen LogP contribution in [-0.2, 0) is 27.8 Å². The molecule has 6 nitrogen and oxygen atoms in total. The normalized spacial score (nSPS) is 19.3. The molecule has 1 fully saturated rings. The van der Waals surface area contributed by atoms with Gasteiger partial charge < -0.3 is 10.4 Å². The highest BCUT2D eigenvalue weighted by molar-refractivity contribution is 7.85. The summed E-state index contributed by atoms with van der Waals surface area (Å²) in [6.07, 6.45) is 3.20. The first kappa shape index (κ1) is 18.9. The third-order valence-electron chi connectivity index (χ3n) is 4.55. The van der Waals surface area contributed by atoms with Gasteiger partial charge in [0.05, 0.1) is 11.7 Å². The van der Waals surface area contributed by atoms with Gasteiger partial charge in [0.15, 0.2) is 0 Å². The van der Waals surface area contributed by atoms with Crippen molar-refractivity contribution in [3.8, 4) is 0 Å². The van der Waals surface area contributed by atoms with Crippen LogP contribution in [0.5, 0.6) is 0 Å². The predicted molar refractivity (Wildman–Crippen MR) is 91.6 cm³/mol. The molecule has 0 spiro atoms.